The van der Waals surface area contributed by atoms with E-state index in [1.165, 1.54) is 12.4 Å². The molecule has 1 aromatic carbocycles. The predicted molar refractivity (Wildman–Crippen MR) is 71.1 cm³/mol. The Kier molecular flexibility index (Phi) is 3.02. The Hall–Kier alpha value is -2.56. The van der Waals surface area contributed by atoms with E-state index < -0.39 is 0 Å². The summed E-state index contributed by atoms with van der Waals surface area (Å²) in [4.78, 5) is 12.1. The second kappa shape index (κ2) is 4.97. The Balaban J connectivity index is 1.91. The van der Waals surface area contributed by atoms with Gasteiger partial charge in [-0.2, -0.15) is 0 Å². The molecule has 1 N–H and O–H groups in total. The maximum absolute atomic E-state index is 13.6. The summed E-state index contributed by atoms with van der Waals surface area (Å²) in [5, 5.41) is 3.86. The van der Waals surface area contributed by atoms with Gasteiger partial charge in [0.1, 0.15) is 23.5 Å². The molecule has 0 radical (unpaired) electrons. The Labute approximate surface area is 109 Å². The molecule has 0 aliphatic carbocycles. The fourth-order valence-electron chi connectivity index (χ4n) is 1.88. The number of pyridine rings is 1. The summed E-state index contributed by atoms with van der Waals surface area (Å²) < 4.78 is 13.6. The van der Waals surface area contributed by atoms with Crippen LogP contribution in [-0.4, -0.2) is 15.0 Å². The number of nitrogens with one attached hydrogen (secondary N) is 1. The lowest BCUT2D eigenvalue weighted by atomic mass is 10.2. The Morgan fingerprint density at radius 3 is 2.74 bits per heavy atom. The zero-order chi connectivity index (χ0) is 13.1. The molecule has 5 heteroatoms. The van der Waals surface area contributed by atoms with Crippen LogP contribution in [0.5, 0.6) is 0 Å². The first-order chi connectivity index (χ1) is 9.34. The topological polar surface area (TPSA) is 50.7 Å². The lowest BCUT2D eigenvalue weighted by Crippen LogP contribution is -2.03. The van der Waals surface area contributed by atoms with E-state index in [1.54, 1.807) is 24.5 Å². The highest BCUT2D eigenvalue weighted by Crippen LogP contribution is 2.21. The van der Waals surface area contributed by atoms with E-state index >= 15 is 0 Å². The molecule has 0 saturated carbocycles. The van der Waals surface area contributed by atoms with Gasteiger partial charge in [-0.15, -0.1) is 0 Å². The largest absolute Gasteiger partial charge is 0.365 e. The molecule has 0 amide bonds. The number of nitrogens with zero attached hydrogens (tertiary/aromatic N) is 3. The minimum atomic E-state index is -0.341. The average Bonchev–Trinajstić information content (AvgIpc) is 2.47. The van der Waals surface area contributed by atoms with Crippen LogP contribution in [0.15, 0.2) is 49.1 Å². The standard InChI is InChI=1S/C14H11FN4/c15-12-3-1-2-11-13(12)18-9-19-14(11)17-8-10-4-6-16-7-5-10/h1-7,9H,8H2,(H,17,18,19). The molecule has 4 nitrogen and oxygen atoms in total. The van der Waals surface area contributed by atoms with Gasteiger partial charge in [-0.3, -0.25) is 4.98 Å². The molecule has 0 fully saturated rings. The third-order valence-corrected chi connectivity index (χ3v) is 2.82. The number of para-hydroxylation sites is 1. The Bertz CT molecular complexity index is 700. The van der Waals surface area contributed by atoms with Gasteiger partial charge in [0.05, 0.1) is 0 Å². The van der Waals surface area contributed by atoms with Gasteiger partial charge in [0.15, 0.2) is 0 Å². The molecule has 2 heterocycles. The molecule has 0 aliphatic rings. The monoisotopic (exact) mass is 254 g/mol. The molecular weight excluding hydrogens is 243 g/mol. The van der Waals surface area contributed by atoms with E-state index in [9.17, 15) is 4.39 Å². The molecule has 3 rings (SSSR count). The molecule has 0 aliphatic heterocycles. The van der Waals surface area contributed by atoms with Crippen molar-refractivity contribution in [2.24, 2.45) is 0 Å². The summed E-state index contributed by atoms with van der Waals surface area (Å²) >= 11 is 0. The van der Waals surface area contributed by atoms with Crippen LogP contribution in [0.1, 0.15) is 5.56 Å². The smallest absolute Gasteiger partial charge is 0.149 e. The summed E-state index contributed by atoms with van der Waals surface area (Å²) in [6, 6.07) is 8.67. The number of fused-ring (bicyclic) bond motifs is 1. The Morgan fingerprint density at radius 2 is 1.89 bits per heavy atom. The van der Waals surface area contributed by atoms with Crippen LogP contribution in [-0.2, 0) is 6.54 Å². The second-order valence-electron chi connectivity index (χ2n) is 4.07. The van der Waals surface area contributed by atoms with Gasteiger partial charge in [0.2, 0.25) is 0 Å². The molecule has 0 unspecified atom stereocenters. The highest BCUT2D eigenvalue weighted by molar-refractivity contribution is 5.89. The maximum atomic E-state index is 13.6. The van der Waals surface area contributed by atoms with Crippen molar-refractivity contribution in [3.63, 3.8) is 0 Å². The number of rotatable bonds is 3. The average molecular weight is 254 g/mol. The van der Waals surface area contributed by atoms with Gasteiger partial charge >= 0.3 is 0 Å². The van der Waals surface area contributed by atoms with Crippen LogP contribution in [0.3, 0.4) is 0 Å². The van der Waals surface area contributed by atoms with Gasteiger partial charge < -0.3 is 5.32 Å². The van der Waals surface area contributed by atoms with Crippen molar-refractivity contribution < 1.29 is 4.39 Å². The number of halogens is 1. The van der Waals surface area contributed by atoms with Crippen LogP contribution < -0.4 is 5.32 Å². The second-order valence-corrected chi connectivity index (χ2v) is 4.07. The fourth-order valence-corrected chi connectivity index (χ4v) is 1.88. The third-order valence-electron chi connectivity index (χ3n) is 2.82. The van der Waals surface area contributed by atoms with Crippen molar-refractivity contribution in [2.75, 3.05) is 5.32 Å². The van der Waals surface area contributed by atoms with Gasteiger partial charge in [-0.05, 0) is 29.8 Å². The van der Waals surface area contributed by atoms with Gasteiger partial charge in [0.25, 0.3) is 0 Å². The third kappa shape index (κ3) is 2.35. The highest BCUT2D eigenvalue weighted by atomic mass is 19.1. The van der Waals surface area contributed by atoms with Crippen LogP contribution in [0.25, 0.3) is 10.9 Å². The molecule has 2 aromatic heterocycles. The van der Waals surface area contributed by atoms with Crippen LogP contribution in [0, 0.1) is 5.82 Å². The van der Waals surface area contributed by atoms with E-state index in [2.05, 4.69) is 20.3 Å². The first kappa shape index (κ1) is 11.5. The van der Waals surface area contributed by atoms with Gasteiger partial charge in [0, 0.05) is 24.3 Å². The van der Waals surface area contributed by atoms with Crippen molar-refractivity contribution in [2.45, 2.75) is 6.54 Å². The maximum Gasteiger partial charge on any atom is 0.149 e. The van der Waals surface area contributed by atoms with E-state index in [-0.39, 0.29) is 5.82 Å². The lowest BCUT2D eigenvalue weighted by Gasteiger charge is -2.08. The van der Waals surface area contributed by atoms with E-state index in [4.69, 9.17) is 0 Å². The molecule has 0 spiro atoms. The van der Waals surface area contributed by atoms with Gasteiger partial charge in [-0.1, -0.05) is 6.07 Å². The molecule has 19 heavy (non-hydrogen) atoms. The molecular formula is C14H11FN4. The SMILES string of the molecule is Fc1cccc2c(NCc3ccncc3)ncnc12. The minimum Gasteiger partial charge on any atom is -0.365 e. The zero-order valence-corrected chi connectivity index (χ0v) is 10.0. The molecule has 0 atom stereocenters. The summed E-state index contributed by atoms with van der Waals surface area (Å²) in [6.45, 7) is 0.602. The van der Waals surface area contributed by atoms with Crippen molar-refractivity contribution in [3.05, 3.63) is 60.4 Å². The van der Waals surface area contributed by atoms with Crippen molar-refractivity contribution >= 4 is 16.7 Å². The van der Waals surface area contributed by atoms with Gasteiger partial charge in [-0.25, -0.2) is 14.4 Å². The number of hydrogen-bond acceptors (Lipinski definition) is 4. The first-order valence-electron chi connectivity index (χ1n) is 5.86. The van der Waals surface area contributed by atoms with E-state index in [0.29, 0.717) is 23.3 Å². The normalized spacial score (nSPS) is 10.6. The number of hydrogen-bond donors (Lipinski definition) is 1. The predicted octanol–water partition coefficient (Wildman–Crippen LogP) is 2.78. The summed E-state index contributed by atoms with van der Waals surface area (Å²) in [7, 11) is 0. The van der Waals surface area contributed by atoms with Crippen molar-refractivity contribution in [1.82, 2.24) is 15.0 Å². The Morgan fingerprint density at radius 1 is 1.05 bits per heavy atom. The number of aromatic nitrogens is 3. The molecule has 3 aromatic rings. The molecule has 0 bridgehead atoms. The minimum absolute atomic E-state index is 0.328. The van der Waals surface area contributed by atoms with E-state index in [0.717, 1.165) is 5.56 Å². The van der Waals surface area contributed by atoms with Crippen LogP contribution in [0.2, 0.25) is 0 Å². The van der Waals surface area contributed by atoms with Crippen molar-refractivity contribution in [1.29, 1.82) is 0 Å². The highest BCUT2D eigenvalue weighted by Gasteiger charge is 2.06. The van der Waals surface area contributed by atoms with Crippen molar-refractivity contribution in [3.8, 4) is 0 Å². The fraction of sp³-hybridized carbons (Fsp3) is 0.0714. The zero-order valence-electron chi connectivity index (χ0n) is 10.0. The molecule has 0 saturated heterocycles. The number of anilines is 1. The van der Waals surface area contributed by atoms with E-state index in [1.807, 2.05) is 12.1 Å². The van der Waals surface area contributed by atoms with Crippen LogP contribution >= 0.6 is 0 Å². The quantitative estimate of drug-likeness (QED) is 0.780. The lowest BCUT2D eigenvalue weighted by molar-refractivity contribution is 0.636. The van der Waals surface area contributed by atoms with Crippen LogP contribution in [0.4, 0.5) is 10.2 Å². The number of benzene rings is 1. The molecule has 94 valence electrons. The first-order valence-corrected chi connectivity index (χ1v) is 5.86. The summed E-state index contributed by atoms with van der Waals surface area (Å²) in [5.41, 5.74) is 1.41. The summed E-state index contributed by atoms with van der Waals surface area (Å²) in [5.74, 6) is 0.285. The summed E-state index contributed by atoms with van der Waals surface area (Å²) in [6.07, 6.45) is 4.82.